The van der Waals surface area contributed by atoms with Crippen LogP contribution in [0.25, 0.3) is 0 Å². The fraction of sp³-hybridized carbons (Fsp3) is 0.556. The minimum absolute atomic E-state index is 0.0704. The van der Waals surface area contributed by atoms with Gasteiger partial charge in [-0.15, -0.1) is 11.3 Å². The minimum atomic E-state index is 0.0704. The van der Waals surface area contributed by atoms with Crippen LogP contribution in [-0.2, 0) is 0 Å². The van der Waals surface area contributed by atoms with Crippen LogP contribution < -0.4 is 0 Å². The van der Waals surface area contributed by atoms with Gasteiger partial charge in [0.2, 0.25) is 0 Å². The largest absolute Gasteiger partial charge is 0.332 e. The highest BCUT2D eigenvalue weighted by atomic mass is 79.9. The van der Waals surface area contributed by atoms with E-state index in [1.54, 1.807) is 5.51 Å². The second kappa shape index (κ2) is 5.32. The maximum absolute atomic E-state index is 12.1. The maximum Gasteiger partial charge on any atom is 0.273 e. The molecule has 0 bridgehead atoms. The normalized spacial score (nSPS) is 21.7. The quantitative estimate of drug-likeness (QED) is 0.785. The van der Waals surface area contributed by atoms with Crippen LogP contribution in [0, 0.1) is 0 Å². The van der Waals surface area contributed by atoms with E-state index in [0.717, 1.165) is 23.4 Å². The molecule has 1 aliphatic heterocycles. The number of carbonyl (C=O) groups excluding carboxylic acids is 1. The van der Waals surface area contributed by atoms with Crippen molar-refractivity contribution in [1.29, 1.82) is 0 Å². The van der Waals surface area contributed by atoms with Gasteiger partial charge in [0.15, 0.2) is 0 Å². The Labute approximate surface area is 105 Å². The Morgan fingerprint density at radius 2 is 2.60 bits per heavy atom. The van der Waals surface area contributed by atoms with Gasteiger partial charge in [0.1, 0.15) is 5.69 Å². The number of thiazole rings is 1. The molecule has 0 aromatic carbocycles. The van der Waals surface area contributed by atoms with E-state index < -0.39 is 0 Å². The highest BCUT2D eigenvalue weighted by Crippen LogP contribution is 2.20. The summed E-state index contributed by atoms with van der Waals surface area (Å²) in [5.41, 5.74) is 2.28. The smallest absolute Gasteiger partial charge is 0.273 e. The van der Waals surface area contributed by atoms with Crippen LogP contribution in [0.2, 0.25) is 0 Å². The Morgan fingerprint density at radius 1 is 1.73 bits per heavy atom. The van der Waals surface area contributed by atoms with E-state index in [-0.39, 0.29) is 5.91 Å². The molecule has 1 aliphatic rings. The third-order valence-corrected chi connectivity index (χ3v) is 4.74. The Balaban J connectivity index is 2.11. The molecule has 2 rings (SSSR count). The van der Waals surface area contributed by atoms with Crippen molar-refractivity contribution in [1.82, 2.24) is 9.88 Å². The first-order valence-electron chi connectivity index (χ1n) is 4.66. The average molecular weight is 307 g/mol. The Hall–Kier alpha value is -0.0700. The maximum atomic E-state index is 12.1. The van der Waals surface area contributed by atoms with E-state index in [4.69, 9.17) is 0 Å². The lowest BCUT2D eigenvalue weighted by atomic mass is 10.3. The van der Waals surface area contributed by atoms with Gasteiger partial charge in [0.25, 0.3) is 5.91 Å². The van der Waals surface area contributed by atoms with Crippen LogP contribution in [0.15, 0.2) is 10.9 Å². The van der Waals surface area contributed by atoms with E-state index in [1.165, 1.54) is 11.3 Å². The molecule has 0 aliphatic carbocycles. The third-order valence-electron chi connectivity index (χ3n) is 2.32. The molecule has 0 saturated carbocycles. The summed E-state index contributed by atoms with van der Waals surface area (Å²) in [6.45, 7) is 0.831. The van der Waals surface area contributed by atoms with Gasteiger partial charge in [-0.2, -0.15) is 11.8 Å². The summed E-state index contributed by atoms with van der Waals surface area (Å²) >= 11 is 6.83. The van der Waals surface area contributed by atoms with E-state index in [2.05, 4.69) is 20.9 Å². The van der Waals surface area contributed by atoms with Gasteiger partial charge < -0.3 is 4.90 Å². The third kappa shape index (κ3) is 2.54. The number of aromatic nitrogens is 1. The Kier molecular flexibility index (Phi) is 4.05. The number of nitrogens with zero attached hydrogens (tertiary/aromatic N) is 2. The van der Waals surface area contributed by atoms with E-state index in [9.17, 15) is 4.79 Å². The lowest BCUT2D eigenvalue weighted by molar-refractivity contribution is 0.0714. The van der Waals surface area contributed by atoms with E-state index in [0.29, 0.717) is 11.7 Å². The monoisotopic (exact) mass is 306 g/mol. The van der Waals surface area contributed by atoms with Crippen molar-refractivity contribution in [2.75, 3.05) is 23.4 Å². The predicted molar refractivity (Wildman–Crippen MR) is 68.1 cm³/mol. The van der Waals surface area contributed by atoms with Gasteiger partial charge in [-0.25, -0.2) is 4.98 Å². The fourth-order valence-electron chi connectivity index (χ4n) is 1.52. The standard InChI is InChI=1S/C9H11BrN2OS2/c10-3-7-4-14-2-1-12(7)9(13)8-5-15-6-11-8/h5-7H,1-4H2. The first kappa shape index (κ1) is 11.4. The van der Waals surface area contributed by atoms with E-state index >= 15 is 0 Å². The van der Waals surface area contributed by atoms with Gasteiger partial charge in [0.05, 0.1) is 11.6 Å². The van der Waals surface area contributed by atoms with E-state index in [1.807, 2.05) is 22.0 Å². The molecule has 82 valence electrons. The molecule has 3 nitrogen and oxygen atoms in total. The number of hydrogen-bond donors (Lipinski definition) is 0. The number of alkyl halides is 1. The second-order valence-corrected chi connectivity index (χ2v) is 5.77. The molecule has 0 radical (unpaired) electrons. The predicted octanol–water partition coefficient (Wildman–Crippen LogP) is 2.10. The van der Waals surface area contributed by atoms with Crippen LogP contribution in [-0.4, -0.2) is 45.2 Å². The molecular formula is C9H11BrN2OS2. The van der Waals surface area contributed by atoms with Crippen LogP contribution in [0.1, 0.15) is 10.5 Å². The van der Waals surface area contributed by atoms with Crippen LogP contribution in [0.3, 0.4) is 0 Å². The van der Waals surface area contributed by atoms with Gasteiger partial charge in [0, 0.05) is 28.8 Å². The molecule has 15 heavy (non-hydrogen) atoms. The van der Waals surface area contributed by atoms with Crippen molar-refractivity contribution in [2.45, 2.75) is 6.04 Å². The highest BCUT2D eigenvalue weighted by molar-refractivity contribution is 9.09. The summed E-state index contributed by atoms with van der Waals surface area (Å²) in [5.74, 6) is 2.11. The fourth-order valence-corrected chi connectivity index (χ4v) is 3.98. The second-order valence-electron chi connectivity index (χ2n) is 3.26. The first-order valence-corrected chi connectivity index (χ1v) is 7.87. The summed E-state index contributed by atoms with van der Waals surface area (Å²) in [4.78, 5) is 18.1. The molecule has 1 aromatic rings. The molecule has 6 heteroatoms. The molecule has 1 saturated heterocycles. The summed E-state index contributed by atoms with van der Waals surface area (Å²) in [6.07, 6.45) is 0. The zero-order valence-corrected chi connectivity index (χ0v) is 11.3. The molecule has 2 heterocycles. The molecule has 0 N–H and O–H groups in total. The van der Waals surface area contributed by atoms with Crippen molar-refractivity contribution >= 4 is 44.9 Å². The molecule has 1 atom stereocenters. The zero-order chi connectivity index (χ0) is 10.7. The number of amides is 1. The highest BCUT2D eigenvalue weighted by Gasteiger charge is 2.27. The number of hydrogen-bond acceptors (Lipinski definition) is 4. The average Bonchev–Trinajstić information content (AvgIpc) is 2.81. The summed E-state index contributed by atoms with van der Waals surface area (Å²) in [6, 6.07) is 0.304. The van der Waals surface area contributed by atoms with Crippen molar-refractivity contribution in [2.24, 2.45) is 0 Å². The molecule has 1 unspecified atom stereocenters. The zero-order valence-electron chi connectivity index (χ0n) is 8.06. The van der Waals surface area contributed by atoms with Crippen LogP contribution in [0.5, 0.6) is 0 Å². The molecule has 1 amide bonds. The summed E-state index contributed by atoms with van der Waals surface area (Å²) < 4.78 is 0. The number of rotatable bonds is 2. The molecule has 0 spiro atoms. The topological polar surface area (TPSA) is 33.2 Å². The van der Waals surface area contributed by atoms with Crippen LogP contribution in [0.4, 0.5) is 0 Å². The number of thioether (sulfide) groups is 1. The minimum Gasteiger partial charge on any atom is -0.332 e. The SMILES string of the molecule is O=C(c1cscn1)N1CCSCC1CBr. The summed E-state index contributed by atoms with van der Waals surface area (Å²) in [7, 11) is 0. The van der Waals surface area contributed by atoms with Crippen molar-refractivity contribution in [3.63, 3.8) is 0 Å². The lowest BCUT2D eigenvalue weighted by Gasteiger charge is -2.33. The van der Waals surface area contributed by atoms with Crippen LogP contribution >= 0.6 is 39.0 Å². The van der Waals surface area contributed by atoms with Gasteiger partial charge in [-0.3, -0.25) is 4.79 Å². The van der Waals surface area contributed by atoms with Gasteiger partial charge in [-0.05, 0) is 0 Å². The first-order chi connectivity index (χ1) is 7.33. The molecular weight excluding hydrogens is 296 g/mol. The Bertz CT molecular complexity index is 331. The van der Waals surface area contributed by atoms with Gasteiger partial charge in [-0.1, -0.05) is 15.9 Å². The number of carbonyl (C=O) groups is 1. The number of halogens is 1. The molecule has 1 fully saturated rings. The van der Waals surface area contributed by atoms with Gasteiger partial charge >= 0.3 is 0 Å². The van der Waals surface area contributed by atoms with Crippen molar-refractivity contribution in [3.8, 4) is 0 Å². The van der Waals surface area contributed by atoms with Crippen molar-refractivity contribution < 1.29 is 4.79 Å². The summed E-state index contributed by atoms with van der Waals surface area (Å²) in [5, 5.41) is 2.66. The molecule has 1 aromatic heterocycles. The lowest BCUT2D eigenvalue weighted by Crippen LogP contribution is -2.47. The Morgan fingerprint density at radius 3 is 3.27 bits per heavy atom. The van der Waals surface area contributed by atoms with Crippen molar-refractivity contribution in [3.05, 3.63) is 16.6 Å².